The van der Waals surface area contributed by atoms with E-state index in [0.717, 1.165) is 11.1 Å². The molecule has 2 aliphatic heterocycles. The summed E-state index contributed by atoms with van der Waals surface area (Å²) < 4.78 is 27.4. The highest BCUT2D eigenvalue weighted by Gasteiger charge is 2.54. The fourth-order valence-electron chi connectivity index (χ4n) is 5.01. The monoisotopic (exact) mass is 448 g/mol. The quantitative estimate of drug-likeness (QED) is 0.665. The van der Waals surface area contributed by atoms with Crippen molar-refractivity contribution in [2.24, 2.45) is 0 Å². The van der Waals surface area contributed by atoms with Gasteiger partial charge in [-0.15, -0.1) is 0 Å². The van der Waals surface area contributed by atoms with Gasteiger partial charge in [0.05, 0.1) is 18.7 Å². The topological polar surface area (TPSA) is 60.9 Å². The van der Waals surface area contributed by atoms with E-state index in [4.69, 9.17) is 0 Å². The largest absolute Gasteiger partial charge is 0.394 e. The molecule has 0 saturated carbocycles. The second-order valence-electron chi connectivity index (χ2n) is 8.44. The maximum Gasteiger partial charge on any atom is 0.254 e. The van der Waals surface area contributed by atoms with Crippen LogP contribution in [0.1, 0.15) is 21.8 Å². The smallest absolute Gasteiger partial charge is 0.254 e. The summed E-state index contributed by atoms with van der Waals surface area (Å²) in [6.45, 7) is 0.0498. The van der Waals surface area contributed by atoms with E-state index in [1.165, 1.54) is 35.2 Å². The average molecular weight is 448 g/mol. The number of carbonyl (C=O) groups excluding carboxylic acids is 2. The van der Waals surface area contributed by atoms with Gasteiger partial charge < -0.3 is 14.9 Å². The first-order valence-electron chi connectivity index (χ1n) is 10.8. The SMILES string of the molecule is O=C(c1ccc(F)cc1)N1CC(=O)N2[C@H](C1)[C@H](c1ccc(-c3ccccc3F)cc1)[C@@H]2CO. The minimum atomic E-state index is -0.434. The maximum atomic E-state index is 14.1. The van der Waals surface area contributed by atoms with Crippen LogP contribution in [0, 0.1) is 11.6 Å². The van der Waals surface area contributed by atoms with Crippen molar-refractivity contribution in [1.82, 2.24) is 9.80 Å². The Bertz CT molecular complexity index is 1200. The van der Waals surface area contributed by atoms with Crippen LogP contribution in [0.3, 0.4) is 0 Å². The summed E-state index contributed by atoms with van der Waals surface area (Å²) in [5.41, 5.74) is 2.48. The molecule has 33 heavy (non-hydrogen) atoms. The van der Waals surface area contributed by atoms with Crippen molar-refractivity contribution in [3.8, 4) is 11.1 Å². The van der Waals surface area contributed by atoms with Gasteiger partial charge in [0.25, 0.3) is 5.91 Å². The lowest BCUT2D eigenvalue weighted by Crippen LogP contribution is -2.73. The number of carbonyl (C=O) groups is 2. The number of aliphatic hydroxyl groups excluding tert-OH is 1. The van der Waals surface area contributed by atoms with E-state index in [9.17, 15) is 23.5 Å². The van der Waals surface area contributed by atoms with Gasteiger partial charge in [-0.05, 0) is 41.5 Å². The summed E-state index contributed by atoms with van der Waals surface area (Å²) in [7, 11) is 0. The predicted octanol–water partition coefficient (Wildman–Crippen LogP) is 3.44. The molecule has 1 N–H and O–H groups in total. The van der Waals surface area contributed by atoms with E-state index in [2.05, 4.69) is 0 Å². The minimum Gasteiger partial charge on any atom is -0.394 e. The van der Waals surface area contributed by atoms with E-state index in [1.54, 1.807) is 23.1 Å². The van der Waals surface area contributed by atoms with Gasteiger partial charge in [-0.2, -0.15) is 0 Å². The third-order valence-corrected chi connectivity index (χ3v) is 6.61. The lowest BCUT2D eigenvalue weighted by Gasteiger charge is -2.58. The molecule has 0 radical (unpaired) electrons. The van der Waals surface area contributed by atoms with E-state index < -0.39 is 5.82 Å². The molecule has 3 aromatic rings. The Labute approximate surface area is 189 Å². The summed E-state index contributed by atoms with van der Waals surface area (Å²) >= 11 is 0. The third kappa shape index (κ3) is 3.68. The Morgan fingerprint density at radius 2 is 1.67 bits per heavy atom. The summed E-state index contributed by atoms with van der Waals surface area (Å²) in [6.07, 6.45) is 0. The number of nitrogens with zero attached hydrogens (tertiary/aromatic N) is 2. The molecule has 0 aromatic heterocycles. The van der Waals surface area contributed by atoms with Crippen LogP contribution < -0.4 is 0 Å². The van der Waals surface area contributed by atoms with Crippen molar-refractivity contribution in [2.45, 2.75) is 18.0 Å². The number of amides is 2. The van der Waals surface area contributed by atoms with Crippen molar-refractivity contribution in [3.05, 3.63) is 95.6 Å². The van der Waals surface area contributed by atoms with E-state index >= 15 is 0 Å². The lowest BCUT2D eigenvalue weighted by molar-refractivity contribution is -0.159. The highest BCUT2D eigenvalue weighted by Crippen LogP contribution is 2.43. The highest BCUT2D eigenvalue weighted by molar-refractivity contribution is 5.97. The van der Waals surface area contributed by atoms with Gasteiger partial charge >= 0.3 is 0 Å². The molecule has 2 heterocycles. The van der Waals surface area contributed by atoms with Crippen LogP contribution in [0.5, 0.6) is 0 Å². The molecular formula is C26H22F2N2O3. The summed E-state index contributed by atoms with van der Waals surface area (Å²) in [5.74, 6) is -1.45. The first-order valence-corrected chi connectivity index (χ1v) is 10.8. The number of halogens is 2. The minimum absolute atomic E-state index is 0.0812. The van der Waals surface area contributed by atoms with Gasteiger partial charge in [0.15, 0.2) is 0 Å². The van der Waals surface area contributed by atoms with Crippen LogP contribution in [0.2, 0.25) is 0 Å². The van der Waals surface area contributed by atoms with E-state index in [-0.39, 0.29) is 48.8 Å². The van der Waals surface area contributed by atoms with Crippen LogP contribution in [-0.2, 0) is 4.79 Å². The van der Waals surface area contributed by atoms with Gasteiger partial charge in [0.2, 0.25) is 5.91 Å². The van der Waals surface area contributed by atoms with Crippen molar-refractivity contribution >= 4 is 11.8 Å². The fourth-order valence-corrected chi connectivity index (χ4v) is 5.01. The molecular weight excluding hydrogens is 426 g/mol. The van der Waals surface area contributed by atoms with Crippen molar-refractivity contribution in [3.63, 3.8) is 0 Å². The van der Waals surface area contributed by atoms with E-state index in [1.807, 2.05) is 24.3 Å². The second-order valence-corrected chi connectivity index (χ2v) is 8.44. The van der Waals surface area contributed by atoms with Crippen molar-refractivity contribution in [2.75, 3.05) is 19.7 Å². The number of fused-ring (bicyclic) bond motifs is 1. The van der Waals surface area contributed by atoms with Gasteiger partial charge in [0, 0.05) is 23.6 Å². The Morgan fingerprint density at radius 1 is 0.970 bits per heavy atom. The molecule has 7 heteroatoms. The van der Waals surface area contributed by atoms with Gasteiger partial charge in [-0.1, -0.05) is 42.5 Å². The average Bonchev–Trinajstić information content (AvgIpc) is 2.81. The number of hydrogen-bond donors (Lipinski definition) is 1. The van der Waals surface area contributed by atoms with Gasteiger partial charge in [-0.25, -0.2) is 8.78 Å². The number of hydrogen-bond acceptors (Lipinski definition) is 3. The molecule has 168 valence electrons. The zero-order valence-corrected chi connectivity index (χ0v) is 17.7. The Morgan fingerprint density at radius 3 is 2.33 bits per heavy atom. The third-order valence-electron chi connectivity index (χ3n) is 6.61. The van der Waals surface area contributed by atoms with Crippen LogP contribution in [0.15, 0.2) is 72.8 Å². The molecule has 0 aliphatic carbocycles. The number of rotatable bonds is 4. The lowest BCUT2D eigenvalue weighted by atomic mass is 9.73. The van der Waals surface area contributed by atoms with Gasteiger partial charge in [0.1, 0.15) is 18.2 Å². The molecule has 5 nitrogen and oxygen atoms in total. The number of benzene rings is 3. The van der Waals surface area contributed by atoms with Crippen LogP contribution in [0.25, 0.3) is 11.1 Å². The predicted molar refractivity (Wildman–Crippen MR) is 118 cm³/mol. The molecule has 0 bridgehead atoms. The summed E-state index contributed by atoms with van der Waals surface area (Å²) in [6, 6.07) is 18.6. The van der Waals surface area contributed by atoms with Crippen LogP contribution in [0.4, 0.5) is 8.78 Å². The van der Waals surface area contributed by atoms with Crippen molar-refractivity contribution < 1.29 is 23.5 Å². The van der Waals surface area contributed by atoms with Crippen LogP contribution >= 0.6 is 0 Å². The van der Waals surface area contributed by atoms with Crippen molar-refractivity contribution in [1.29, 1.82) is 0 Å². The summed E-state index contributed by atoms with van der Waals surface area (Å²) in [5, 5.41) is 9.96. The fraction of sp³-hybridized carbons (Fsp3) is 0.231. The standard InChI is InChI=1S/C26H22F2N2O3/c27-19-11-9-18(10-12-19)26(33)29-13-22-25(23(15-31)30(22)24(32)14-29)17-7-5-16(6-8-17)20-3-1-2-4-21(20)28/h1-12,22-23,25,31H,13-15H2/t22-,23+,25+/m1/s1. The molecule has 0 unspecified atom stereocenters. The molecule has 2 fully saturated rings. The second kappa shape index (κ2) is 8.41. The van der Waals surface area contributed by atoms with Crippen LogP contribution in [-0.4, -0.2) is 58.5 Å². The molecule has 2 saturated heterocycles. The molecule has 2 aliphatic rings. The summed E-state index contributed by atoms with van der Waals surface area (Å²) in [4.78, 5) is 28.8. The number of aliphatic hydroxyl groups is 1. The zero-order valence-electron chi connectivity index (χ0n) is 17.7. The first kappa shape index (κ1) is 21.3. The highest BCUT2D eigenvalue weighted by atomic mass is 19.1. The Balaban J connectivity index is 1.39. The molecule has 0 spiro atoms. The van der Waals surface area contributed by atoms with Gasteiger partial charge in [-0.3, -0.25) is 9.59 Å². The maximum absolute atomic E-state index is 14.1. The zero-order chi connectivity index (χ0) is 23.1. The molecule has 3 atom stereocenters. The number of piperazine rings is 1. The molecule has 2 amide bonds. The normalized spacial score (nSPS) is 22.0. The molecule has 3 aromatic carbocycles. The Hall–Kier alpha value is -3.58. The molecule has 5 rings (SSSR count). The Kier molecular flexibility index (Phi) is 5.42. The first-order chi connectivity index (χ1) is 16.0. The van der Waals surface area contributed by atoms with E-state index in [0.29, 0.717) is 17.7 Å².